The lowest BCUT2D eigenvalue weighted by molar-refractivity contribution is 0.262. The highest BCUT2D eigenvalue weighted by Gasteiger charge is 1.92. The average molecular weight is 1040 g/mol. The lowest BCUT2D eigenvalue weighted by Gasteiger charge is -2.08. The SMILES string of the molecule is C=C1C=CC=NN1.C=C1C=CN=CN1.C=C1C=CN=NN1.C=C1C=NC=CN1.C=C1C=NC=NN1.C=C1C=NNC=N1.C=C1COC=CN1.C=C1N=CC=CN1.C=C1N=CC=NN1.C=C1N=CC=NN1.C=C1N=CNC=N1. The van der Waals surface area contributed by atoms with Gasteiger partial charge in [0, 0.05) is 84.9 Å². The van der Waals surface area contributed by atoms with Gasteiger partial charge in [0.15, 0.2) is 0 Å². The van der Waals surface area contributed by atoms with Crippen molar-refractivity contribution in [1.82, 2.24) is 59.1 Å². The second kappa shape index (κ2) is 44.1. The third-order valence-electron chi connectivity index (χ3n) is 6.82. The molecule has 28 nitrogen and oxygen atoms in total. The molecule has 0 unspecified atom stereocenters. The standard InChI is InChI=1S/4C5H6N2.C5H7NO.6C4H5N3/c1-5-4-6-2-3-7-5;1-5-2-3-6-4-7-5;1-5-6-3-2-4-7-5;1-5-3-2-4-6-7-5;1-5-4-7-3-2-6-5;1-4-6-2-5-3-7-4;1-4-2-6-7-3-5-4;1-4-2-5-3-6-7-4;2*1-4-5-2-3-6-7-4;1-4-2-3-5-7-6-4/h2-4,7H,1H2;2-4H,1H2,(H,6,7);2-4,6H,1H2;2-4,7H,1H2;2-3,6H,1,4H2;2-3H,1H2,(H,5,6,7);2-3H,1H2,(H,5,7);3*2-3,7H,1H2;2-3H,1H2,(H,5,6). The topological polar surface area (TPSA) is 339 Å². The molecule has 0 saturated carbocycles. The van der Waals surface area contributed by atoms with Crippen LogP contribution in [0.5, 0.6) is 0 Å². The Bertz CT molecular complexity index is 2250. The Morgan fingerprint density at radius 1 is 0.429 bits per heavy atom. The summed E-state index contributed by atoms with van der Waals surface area (Å²) in [6, 6.07) is 0. The van der Waals surface area contributed by atoms with Crippen LogP contribution in [0.15, 0.2) is 290 Å². The highest BCUT2D eigenvalue weighted by Crippen LogP contribution is 1.95. The van der Waals surface area contributed by atoms with Gasteiger partial charge in [0.1, 0.15) is 42.6 Å². The molecule has 0 atom stereocenters. The molecule has 0 spiro atoms. The zero-order valence-electron chi connectivity index (χ0n) is 42.1. The van der Waals surface area contributed by atoms with Crippen LogP contribution in [0.3, 0.4) is 0 Å². The molecular weight excluding hydrogens is 983 g/mol. The third kappa shape index (κ3) is 42.7. The van der Waals surface area contributed by atoms with Crippen LogP contribution in [0.4, 0.5) is 0 Å². The normalized spacial score (nSPS) is 17.0. The van der Waals surface area contributed by atoms with Gasteiger partial charge in [-0.05, 0) is 30.4 Å². The van der Waals surface area contributed by atoms with E-state index in [1.54, 1.807) is 118 Å². The maximum Gasteiger partial charge on any atom is 0.148 e. The maximum absolute atomic E-state index is 4.84. The molecule has 0 fully saturated rings. The average Bonchev–Trinajstić information content (AvgIpc) is 3.45. The minimum atomic E-state index is 0.541. The van der Waals surface area contributed by atoms with Crippen LogP contribution in [0.1, 0.15) is 0 Å². The van der Waals surface area contributed by atoms with Crippen LogP contribution in [-0.4, -0.2) is 94.2 Å². The van der Waals surface area contributed by atoms with E-state index in [1.165, 1.54) is 25.4 Å². The van der Waals surface area contributed by atoms with Crippen molar-refractivity contribution in [3.63, 3.8) is 0 Å². The summed E-state index contributed by atoms with van der Waals surface area (Å²) in [6.45, 7) is 39.7. The van der Waals surface area contributed by atoms with Crippen molar-refractivity contribution in [3.8, 4) is 0 Å². The molecule has 0 bridgehead atoms. The quantitative estimate of drug-likeness (QED) is 0.157. The Balaban J connectivity index is 0.000000423. The first-order chi connectivity index (χ1) is 37.3. The lowest BCUT2D eigenvalue weighted by atomic mass is 10.4. The molecule has 11 aliphatic heterocycles. The molecule has 398 valence electrons. The summed E-state index contributed by atoms with van der Waals surface area (Å²) in [5, 5.41) is 39.2. The van der Waals surface area contributed by atoms with E-state index in [1.807, 2.05) is 18.2 Å². The Morgan fingerprint density at radius 3 is 1.36 bits per heavy atom. The van der Waals surface area contributed by atoms with Gasteiger partial charge in [-0.3, -0.25) is 37.5 Å². The van der Waals surface area contributed by atoms with Crippen LogP contribution in [-0.2, 0) is 4.74 Å². The van der Waals surface area contributed by atoms with Crippen molar-refractivity contribution in [2.45, 2.75) is 0 Å². The van der Waals surface area contributed by atoms with Crippen LogP contribution in [0.2, 0.25) is 0 Å². The zero-order valence-corrected chi connectivity index (χ0v) is 42.1. The number of nitrogens with zero attached hydrogens (tertiary/aromatic N) is 16. The number of allylic oxidation sites excluding steroid dienone is 8. The molecular formula is C49H61N27O. The highest BCUT2D eigenvalue weighted by molar-refractivity contribution is 6.17. The molecule has 11 heterocycles. The van der Waals surface area contributed by atoms with E-state index in [0.717, 1.165) is 34.2 Å². The van der Waals surface area contributed by atoms with E-state index >= 15 is 0 Å². The zero-order chi connectivity index (χ0) is 56.2. The summed E-state index contributed by atoms with van der Waals surface area (Å²) >= 11 is 0. The lowest BCUT2D eigenvalue weighted by Crippen LogP contribution is -2.12. The van der Waals surface area contributed by atoms with Crippen molar-refractivity contribution >= 4 is 87.6 Å². The van der Waals surface area contributed by atoms with Crippen molar-refractivity contribution in [1.29, 1.82) is 0 Å². The van der Waals surface area contributed by atoms with Crippen molar-refractivity contribution in [2.24, 2.45) is 80.8 Å². The minimum Gasteiger partial charge on any atom is -0.494 e. The van der Waals surface area contributed by atoms with E-state index < -0.39 is 0 Å². The fourth-order valence-corrected chi connectivity index (χ4v) is 3.57. The van der Waals surface area contributed by atoms with Crippen LogP contribution >= 0.6 is 0 Å². The van der Waals surface area contributed by atoms with Gasteiger partial charge < -0.3 is 31.3 Å². The predicted octanol–water partition coefficient (Wildman–Crippen LogP) is 4.74. The van der Waals surface area contributed by atoms with E-state index in [-0.39, 0.29) is 0 Å². The van der Waals surface area contributed by atoms with Crippen molar-refractivity contribution in [2.75, 3.05) is 6.61 Å². The van der Waals surface area contributed by atoms with Crippen LogP contribution in [0, 0.1) is 0 Å². The second-order valence-corrected chi connectivity index (χ2v) is 13.2. The van der Waals surface area contributed by atoms with Gasteiger partial charge in [-0.15, -0.1) is 5.11 Å². The molecule has 0 aromatic heterocycles. The summed E-state index contributed by atoms with van der Waals surface area (Å²) < 4.78 is 4.84. The van der Waals surface area contributed by atoms with E-state index in [9.17, 15) is 0 Å². The van der Waals surface area contributed by atoms with Gasteiger partial charge in [0.05, 0.1) is 73.4 Å². The monoisotopic (exact) mass is 1040 g/mol. The maximum atomic E-state index is 4.84. The molecule has 11 N–H and O–H groups in total. The summed E-state index contributed by atoms with van der Waals surface area (Å²) in [7, 11) is 0. The van der Waals surface area contributed by atoms with Crippen molar-refractivity contribution in [3.05, 3.63) is 209 Å². The van der Waals surface area contributed by atoms with E-state index in [4.69, 9.17) is 4.74 Å². The smallest absolute Gasteiger partial charge is 0.148 e. The summed E-state index contributed by atoms with van der Waals surface area (Å²) in [4.78, 5) is 33.7. The number of aliphatic imine (C=N–C) groups is 9. The largest absolute Gasteiger partial charge is 0.494 e. The van der Waals surface area contributed by atoms with Gasteiger partial charge in [-0.1, -0.05) is 77.6 Å². The number of hydrogen-bond donors (Lipinski definition) is 11. The number of hydrogen-bond acceptors (Lipinski definition) is 28. The van der Waals surface area contributed by atoms with E-state index in [0.29, 0.717) is 35.6 Å². The minimum absolute atomic E-state index is 0.541. The molecule has 28 heteroatoms. The Labute approximate surface area is 446 Å². The molecule has 0 saturated heterocycles. The molecule has 0 aromatic carbocycles. The van der Waals surface area contributed by atoms with Gasteiger partial charge in [0.25, 0.3) is 0 Å². The fourth-order valence-electron chi connectivity index (χ4n) is 3.57. The molecule has 77 heavy (non-hydrogen) atoms. The van der Waals surface area contributed by atoms with Crippen molar-refractivity contribution < 1.29 is 4.74 Å². The number of rotatable bonds is 0. The second-order valence-electron chi connectivity index (χ2n) is 13.2. The molecule has 0 amide bonds. The van der Waals surface area contributed by atoms with Gasteiger partial charge >= 0.3 is 0 Å². The molecule has 0 aromatic rings. The predicted molar refractivity (Wildman–Crippen MR) is 320 cm³/mol. The Morgan fingerprint density at radius 2 is 1.10 bits per heavy atom. The first-order valence-electron chi connectivity index (χ1n) is 21.6. The first-order valence-corrected chi connectivity index (χ1v) is 21.6. The molecule has 0 aliphatic carbocycles. The number of ether oxygens (including phenoxy) is 1. The van der Waals surface area contributed by atoms with Gasteiger partial charge in [0.2, 0.25) is 0 Å². The number of hydrazone groups is 5. The number of nitrogens with one attached hydrogen (secondary N) is 11. The molecule has 11 aliphatic rings. The third-order valence-corrected chi connectivity index (χ3v) is 6.82. The Hall–Kier alpha value is -11.8. The highest BCUT2D eigenvalue weighted by atomic mass is 16.5. The van der Waals surface area contributed by atoms with Gasteiger partial charge in [-0.25, -0.2) is 39.9 Å². The molecule has 0 radical (unpaired) electrons. The summed E-state index contributed by atoms with van der Waals surface area (Å²) in [5.74, 6) is 2.41. The first kappa shape index (κ1) is 63.2. The summed E-state index contributed by atoms with van der Waals surface area (Å²) in [6.07, 6.45) is 42.9. The summed E-state index contributed by atoms with van der Waals surface area (Å²) in [5.41, 5.74) is 21.1. The Kier molecular flexibility index (Phi) is 36.2. The van der Waals surface area contributed by atoms with Crippen LogP contribution < -0.4 is 59.1 Å². The van der Waals surface area contributed by atoms with E-state index in [2.05, 4.69) is 212 Å². The fraction of sp³-hybridized carbons (Fsp3) is 0.0204. The molecule has 11 rings (SSSR count). The van der Waals surface area contributed by atoms with Gasteiger partial charge in [-0.2, -0.15) is 25.5 Å². The van der Waals surface area contributed by atoms with Crippen LogP contribution in [0.25, 0.3) is 0 Å².